The SMILES string of the molecule is CC1(C)CN(C(C)(C)C)CC(C)(C)O1.CC1CN(C(C)(C)C)CC(C)O1.CC1OC(C)C(C)N(C(C)(C)C)C1C.CN1CCN(C(C)(C)C)CC1. The van der Waals surface area contributed by atoms with Crippen LogP contribution in [0.1, 0.15) is 152 Å². The lowest BCUT2D eigenvalue weighted by atomic mass is 9.94. The molecule has 0 spiro atoms. The third-order valence-corrected chi connectivity index (χ3v) is 10.9. The van der Waals surface area contributed by atoms with E-state index in [1.165, 1.54) is 26.2 Å². The number of likely N-dealkylation sites (N-methyl/N-ethyl adjacent to an activating group) is 1. The zero-order chi connectivity index (χ0) is 40.1. The molecule has 4 rings (SSSR count). The van der Waals surface area contributed by atoms with Crippen LogP contribution in [-0.4, -0.2) is 154 Å². The topological polar surface area (TPSA) is 43.9 Å². The van der Waals surface area contributed by atoms with E-state index in [1.54, 1.807) is 0 Å². The molecule has 306 valence electrons. The lowest BCUT2D eigenvalue weighted by molar-refractivity contribution is -0.194. The molecule has 4 aliphatic heterocycles. The van der Waals surface area contributed by atoms with Crippen molar-refractivity contribution in [2.45, 2.75) is 222 Å². The third-order valence-electron chi connectivity index (χ3n) is 10.9. The van der Waals surface area contributed by atoms with Crippen LogP contribution in [0.15, 0.2) is 0 Å². The Labute approximate surface area is 319 Å². The van der Waals surface area contributed by atoms with Gasteiger partial charge in [0.05, 0.1) is 35.6 Å². The van der Waals surface area contributed by atoms with E-state index in [0.29, 0.717) is 42.0 Å². The molecule has 6 atom stereocenters. The fourth-order valence-electron chi connectivity index (χ4n) is 8.08. The van der Waals surface area contributed by atoms with E-state index in [0.717, 1.165) is 26.2 Å². The van der Waals surface area contributed by atoms with Crippen LogP contribution in [-0.2, 0) is 14.2 Å². The van der Waals surface area contributed by atoms with Gasteiger partial charge >= 0.3 is 0 Å². The summed E-state index contributed by atoms with van der Waals surface area (Å²) in [7, 11) is 2.19. The summed E-state index contributed by atoms with van der Waals surface area (Å²) >= 11 is 0. The Morgan fingerprint density at radius 2 is 0.824 bits per heavy atom. The molecule has 0 radical (unpaired) electrons. The predicted octanol–water partition coefficient (Wildman–Crippen LogP) is 8.27. The first kappa shape index (κ1) is 48.7. The van der Waals surface area contributed by atoms with Crippen molar-refractivity contribution in [1.29, 1.82) is 0 Å². The van der Waals surface area contributed by atoms with E-state index in [4.69, 9.17) is 14.2 Å². The number of nitrogens with zero attached hydrogens (tertiary/aromatic N) is 5. The second-order valence-electron chi connectivity index (χ2n) is 21.5. The normalized spacial score (nSPS) is 32.1. The van der Waals surface area contributed by atoms with Crippen molar-refractivity contribution in [2.24, 2.45) is 0 Å². The molecule has 0 amide bonds. The molecule has 51 heavy (non-hydrogen) atoms. The van der Waals surface area contributed by atoms with Gasteiger partial charge < -0.3 is 19.1 Å². The van der Waals surface area contributed by atoms with Gasteiger partial charge in [-0.25, -0.2) is 0 Å². The highest BCUT2D eigenvalue weighted by Gasteiger charge is 2.42. The fourth-order valence-corrected chi connectivity index (χ4v) is 8.08. The second-order valence-corrected chi connectivity index (χ2v) is 21.5. The average Bonchev–Trinajstić information content (AvgIpc) is 2.89. The van der Waals surface area contributed by atoms with Gasteiger partial charge in [0.1, 0.15) is 0 Å². The van der Waals surface area contributed by atoms with Gasteiger partial charge in [-0.3, -0.25) is 19.6 Å². The summed E-state index contributed by atoms with van der Waals surface area (Å²) in [4.78, 5) is 12.5. The van der Waals surface area contributed by atoms with Gasteiger partial charge in [-0.15, -0.1) is 0 Å². The van der Waals surface area contributed by atoms with E-state index in [2.05, 4.69) is 184 Å². The first-order chi connectivity index (χ1) is 22.7. The largest absolute Gasteiger partial charge is 0.373 e. The zero-order valence-electron chi connectivity index (χ0n) is 38.6. The quantitative estimate of drug-likeness (QED) is 0.248. The second kappa shape index (κ2) is 18.5. The molecule has 8 heteroatoms. The number of ether oxygens (including phenoxy) is 3. The Hall–Kier alpha value is -0.320. The Bertz CT molecular complexity index is 952. The number of rotatable bonds is 0. The highest BCUT2D eigenvalue weighted by atomic mass is 16.5. The molecule has 4 fully saturated rings. The van der Waals surface area contributed by atoms with Crippen LogP contribution in [0.25, 0.3) is 0 Å². The summed E-state index contributed by atoms with van der Waals surface area (Å²) in [6, 6.07) is 1.00. The van der Waals surface area contributed by atoms with E-state index < -0.39 is 0 Å². The van der Waals surface area contributed by atoms with Crippen LogP contribution >= 0.6 is 0 Å². The first-order valence-electron chi connectivity index (χ1n) is 20.4. The van der Waals surface area contributed by atoms with Crippen molar-refractivity contribution in [3.63, 3.8) is 0 Å². The summed E-state index contributed by atoms with van der Waals surface area (Å²) in [6.45, 7) is 58.2. The molecule has 0 aromatic carbocycles. The van der Waals surface area contributed by atoms with E-state index in [1.807, 2.05) is 0 Å². The zero-order valence-corrected chi connectivity index (χ0v) is 38.6. The number of hydrogen-bond donors (Lipinski definition) is 0. The summed E-state index contributed by atoms with van der Waals surface area (Å²) < 4.78 is 17.6. The van der Waals surface area contributed by atoms with Gasteiger partial charge in [0.2, 0.25) is 0 Å². The van der Waals surface area contributed by atoms with Crippen LogP contribution in [0, 0.1) is 0 Å². The molecule has 0 bridgehead atoms. The van der Waals surface area contributed by atoms with Gasteiger partial charge in [-0.2, -0.15) is 0 Å². The monoisotopic (exact) mass is 726 g/mol. The lowest BCUT2D eigenvalue weighted by Crippen LogP contribution is -2.63. The third kappa shape index (κ3) is 16.9. The summed E-state index contributed by atoms with van der Waals surface area (Å²) in [5.74, 6) is 0. The van der Waals surface area contributed by atoms with Crippen molar-refractivity contribution in [2.75, 3.05) is 59.4 Å². The molecule has 0 aromatic heterocycles. The van der Waals surface area contributed by atoms with Gasteiger partial charge in [-0.05, 0) is 159 Å². The van der Waals surface area contributed by atoms with Crippen molar-refractivity contribution in [3.8, 4) is 0 Å². The summed E-state index contributed by atoms with van der Waals surface area (Å²) in [6.07, 6.45) is 1.43. The maximum atomic E-state index is 6.04. The van der Waals surface area contributed by atoms with Crippen LogP contribution in [0.2, 0.25) is 0 Å². The molecule has 0 aromatic rings. The van der Waals surface area contributed by atoms with E-state index in [-0.39, 0.29) is 27.8 Å². The van der Waals surface area contributed by atoms with Crippen molar-refractivity contribution >= 4 is 0 Å². The Morgan fingerprint density at radius 1 is 0.471 bits per heavy atom. The van der Waals surface area contributed by atoms with Gasteiger partial charge in [-0.1, -0.05) is 0 Å². The van der Waals surface area contributed by atoms with Crippen LogP contribution in [0.4, 0.5) is 0 Å². The minimum atomic E-state index is -0.0327. The van der Waals surface area contributed by atoms with Gasteiger partial charge in [0, 0.05) is 86.6 Å². The lowest BCUT2D eigenvalue weighted by Gasteiger charge is -2.52. The summed E-state index contributed by atoms with van der Waals surface area (Å²) in [5, 5.41) is 0. The fraction of sp³-hybridized carbons (Fsp3) is 1.00. The molecule has 4 aliphatic rings. The molecule has 0 N–H and O–H groups in total. The molecule has 0 saturated carbocycles. The standard InChI is InChI=1S/2C12H25NO.C10H21NO.C9H20N2/c1-10(2,3)13-8-11(4,5)14-12(6,7)9-13;1-8-10(3)14-11(4)9(2)13(8)12(5,6)7;1-8-6-11(10(3,4)5)7-9(2)12-8;1-9(2,3)11-7-5-10(4)6-8-11/h8-9H2,1-7H3;8-11H,1-7H3;8-9H,6-7H2,1-5H3;5-8H2,1-4H3. The van der Waals surface area contributed by atoms with Gasteiger partial charge in [0.15, 0.2) is 0 Å². The number of piperazine rings is 1. The van der Waals surface area contributed by atoms with Gasteiger partial charge in [0.25, 0.3) is 0 Å². The van der Waals surface area contributed by atoms with Crippen molar-refractivity contribution in [1.82, 2.24) is 24.5 Å². The Balaban J connectivity index is 0.000000342. The van der Waals surface area contributed by atoms with E-state index >= 15 is 0 Å². The number of hydrogen-bond acceptors (Lipinski definition) is 8. The van der Waals surface area contributed by atoms with Crippen molar-refractivity contribution in [3.05, 3.63) is 0 Å². The molecular weight excluding hydrogens is 635 g/mol. The molecular formula is C43H91N5O3. The van der Waals surface area contributed by atoms with Crippen LogP contribution in [0.5, 0.6) is 0 Å². The maximum absolute atomic E-state index is 6.04. The number of morpholine rings is 3. The maximum Gasteiger partial charge on any atom is 0.0760 e. The van der Waals surface area contributed by atoms with Crippen LogP contribution < -0.4 is 0 Å². The minimum absolute atomic E-state index is 0.0327. The molecule has 0 aliphatic carbocycles. The molecule has 6 unspecified atom stereocenters. The van der Waals surface area contributed by atoms with Crippen LogP contribution in [0.3, 0.4) is 0 Å². The molecule has 8 nitrogen and oxygen atoms in total. The highest BCUT2D eigenvalue weighted by molar-refractivity contribution is 4.95. The minimum Gasteiger partial charge on any atom is -0.373 e. The Kier molecular flexibility index (Phi) is 17.7. The smallest absolute Gasteiger partial charge is 0.0760 e. The Morgan fingerprint density at radius 3 is 1.14 bits per heavy atom. The molecule has 4 saturated heterocycles. The van der Waals surface area contributed by atoms with Crippen molar-refractivity contribution < 1.29 is 14.2 Å². The first-order valence-corrected chi connectivity index (χ1v) is 20.4. The highest BCUT2D eigenvalue weighted by Crippen LogP contribution is 2.32. The molecule has 4 heterocycles. The average molecular weight is 726 g/mol. The van der Waals surface area contributed by atoms with E-state index in [9.17, 15) is 0 Å². The predicted molar refractivity (Wildman–Crippen MR) is 221 cm³/mol. The summed E-state index contributed by atoms with van der Waals surface area (Å²) in [5.41, 5.74) is 1.04.